The molecule has 5 rings (SSSR count). The quantitative estimate of drug-likeness (QED) is 0.00744. The number of benzene rings is 3. The van der Waals surface area contributed by atoms with Crippen molar-refractivity contribution in [1.29, 1.82) is 5.41 Å². The van der Waals surface area contributed by atoms with Crippen molar-refractivity contribution in [2.45, 2.75) is 216 Å². The lowest BCUT2D eigenvalue weighted by Crippen LogP contribution is -2.62. The Balaban J connectivity index is 1.39. The molecular weight excluding hydrogens is 1790 g/mol. The highest BCUT2D eigenvalue weighted by molar-refractivity contribution is 7.80. The molecule has 47 nitrogen and oxygen atoms in total. The standard InChI is InChI=1S/C85H125N25O22S2/c1-43(2)70(82(130)106-61(35-66(89)116)73(121)97-39-68(118)93-30-31-132-40-69(119)99-54(72(90)120)18-11-12-28-86)108-67(117)36-85(5,6)110-81(129)55(19-13-29-94-84(91)92)100-77(125)59(33-47-37-95-52-16-9-7-14-50(47)52)104-76(124)58(32-46-20-22-49(113)23-21-46)103-80(128)63(42-134)107-74(122)56(24-26-64(87)114)101-78(126)60(34-48-38-96-53-17-10-8-15-51(48)53)105-83(131)71(44(3)111)109-75(123)57(25-27-65(88)115)102-79(127)62(41-133)98-45(4)112/h7-10,14-17,20-23,37-38,43-44,54-63,70-71,95-96,111,113,133-134H,11-13,18-19,24-36,39-42,86H2,1-6H3,(H2,87,114)(H2,88,115)(H2,89,116)(H2,90,120)(H,93,118)(H,97,121)(H,98,112)(H,99,119)(H,100,125)(H,101,126)(H,102,127)(H,103,128)(H,104,124)(H,105,131)(H,106,130)(H,107,122)(H,108,117)(H,109,123)(H,110,129)(H4,91,92,94)/t44-,54-,55+,56+,57+,58+,59+,60+,61+,62+,63+,70+,71+/m1/s1. The second-order valence-corrected chi connectivity index (χ2v) is 33.5. The fourth-order valence-corrected chi connectivity index (χ4v) is 14.2. The van der Waals surface area contributed by atoms with Gasteiger partial charge in [0.2, 0.25) is 112 Å². The minimum absolute atomic E-state index is 0.0107. The lowest BCUT2D eigenvalue weighted by atomic mass is 9.96. The van der Waals surface area contributed by atoms with Crippen molar-refractivity contribution in [2.24, 2.45) is 40.3 Å². The number of hydrogen-bond donors (Lipinski definition) is 29. The SMILES string of the molecule is CC(=O)N[C@@H](CS)C(=O)N[C@@H](CCC(N)=O)C(=O)N[C@H](C(=O)N[C@@H](Cc1c[nH]c2ccccc12)C(=O)N[C@@H](CCC(N)=O)C(=O)N[C@@H](CS)C(=O)N[C@@H](Cc1ccc(O)cc1)C(=O)N[C@@H](Cc1c[nH]c2ccccc12)C(=O)N[C@@H](CCCNC(=N)N)C(=O)NC(C)(C)CC(=O)N[C@H](C(=O)N[C@@H](CC(N)=O)C(=O)NCC(=O)NCCOCC(=O)N[C@H](CCCCN)C(N)=O)C(C)C)[C@@H](C)O. The highest BCUT2D eigenvalue weighted by atomic mass is 32.1. The van der Waals surface area contributed by atoms with Crippen LogP contribution in [-0.2, 0) is 115 Å². The number of ether oxygens (including phenoxy) is 1. The van der Waals surface area contributed by atoms with Gasteiger partial charge < -0.3 is 144 Å². The molecule has 5 aromatic rings. The van der Waals surface area contributed by atoms with Gasteiger partial charge in [0.05, 0.1) is 25.7 Å². The molecule has 0 aliphatic heterocycles. The molecule has 0 saturated heterocycles. The number of unbranched alkanes of at least 4 members (excludes halogenated alkanes) is 1. The second-order valence-electron chi connectivity index (χ2n) is 32.8. The Morgan fingerprint density at radius 2 is 0.910 bits per heavy atom. The Bertz CT molecular complexity index is 4950. The number of aliphatic hydroxyl groups is 1. The third-order valence-electron chi connectivity index (χ3n) is 20.7. The Labute approximate surface area is 782 Å². The van der Waals surface area contributed by atoms with E-state index in [1.165, 1.54) is 44.3 Å². The molecule has 2 heterocycles. The van der Waals surface area contributed by atoms with E-state index in [0.717, 1.165) is 13.8 Å². The number of thiol groups is 2. The van der Waals surface area contributed by atoms with Crippen LogP contribution in [0.2, 0.25) is 0 Å². The minimum atomic E-state index is -1.93. The van der Waals surface area contributed by atoms with Gasteiger partial charge in [0.15, 0.2) is 5.96 Å². The van der Waals surface area contributed by atoms with Crippen LogP contribution < -0.4 is 119 Å². The van der Waals surface area contributed by atoms with Gasteiger partial charge in [-0.2, -0.15) is 25.3 Å². The van der Waals surface area contributed by atoms with Gasteiger partial charge in [-0.1, -0.05) is 62.4 Å². The van der Waals surface area contributed by atoms with Crippen LogP contribution in [0, 0.1) is 11.3 Å². The Kier molecular flexibility index (Phi) is 46.0. The van der Waals surface area contributed by atoms with E-state index in [-0.39, 0.29) is 63.3 Å². The summed E-state index contributed by atoms with van der Waals surface area (Å²) in [4.78, 5) is 265. The second kappa shape index (κ2) is 55.6. The lowest BCUT2D eigenvalue weighted by molar-refractivity contribution is -0.137. The predicted molar refractivity (Wildman–Crippen MR) is 494 cm³/mol. The molecule has 0 unspecified atom stereocenters. The lowest BCUT2D eigenvalue weighted by Gasteiger charge is -2.31. The molecule has 2 aromatic heterocycles. The number of phenols is 1. The van der Waals surface area contributed by atoms with E-state index in [1.54, 1.807) is 68.6 Å². The summed E-state index contributed by atoms with van der Waals surface area (Å²) in [5.74, 6) is -20.1. The number of aromatic amines is 2. The summed E-state index contributed by atoms with van der Waals surface area (Å²) in [5, 5.41) is 70.6. The zero-order valence-electron chi connectivity index (χ0n) is 75.1. The minimum Gasteiger partial charge on any atom is -0.508 e. The average Bonchev–Trinajstić information content (AvgIpc) is 1.59. The maximum atomic E-state index is 15.3. The Morgan fingerprint density at radius 1 is 0.455 bits per heavy atom. The number of carbonyl (C=O) groups excluding carboxylic acids is 19. The number of nitrogens with two attached hydrogens (primary N) is 6. The van der Waals surface area contributed by atoms with Crippen molar-refractivity contribution in [1.82, 2.24) is 95.0 Å². The number of primary amides is 4. The van der Waals surface area contributed by atoms with Crippen LogP contribution in [0.4, 0.5) is 0 Å². The number of phenolic OH excluding ortho intramolecular Hbond substituents is 1. The summed E-state index contributed by atoms with van der Waals surface area (Å²) < 4.78 is 5.27. The van der Waals surface area contributed by atoms with Gasteiger partial charge in [-0.25, -0.2) is 0 Å². The number of aliphatic hydroxyl groups excluding tert-OH is 1. The summed E-state index contributed by atoms with van der Waals surface area (Å²) in [6.07, 6.45) is -1.84. The number of aromatic nitrogens is 2. The third kappa shape index (κ3) is 38.6. The molecule has 0 aliphatic rings. The first-order chi connectivity index (χ1) is 63.3. The van der Waals surface area contributed by atoms with Crippen LogP contribution in [0.3, 0.4) is 0 Å². The van der Waals surface area contributed by atoms with Gasteiger partial charge in [0.1, 0.15) is 84.9 Å². The first-order valence-corrected chi connectivity index (χ1v) is 44.3. The molecule has 49 heteroatoms. The topological polar surface area (TPSA) is 778 Å². The first-order valence-electron chi connectivity index (χ1n) is 43.1. The number of hydrogen-bond acceptors (Lipinski definition) is 26. The molecule has 0 saturated carbocycles. The van der Waals surface area contributed by atoms with Crippen LogP contribution in [0.1, 0.15) is 129 Å². The van der Waals surface area contributed by atoms with Crippen LogP contribution in [0.25, 0.3) is 21.8 Å². The molecule has 33 N–H and O–H groups in total. The van der Waals surface area contributed by atoms with Crippen molar-refractivity contribution in [2.75, 3.05) is 50.9 Å². The summed E-state index contributed by atoms with van der Waals surface area (Å²) in [6.45, 7) is 7.13. The predicted octanol–water partition coefficient (Wildman–Crippen LogP) is -7.07. The number of H-pyrrole nitrogens is 2. The van der Waals surface area contributed by atoms with Crippen molar-refractivity contribution in [3.63, 3.8) is 0 Å². The van der Waals surface area contributed by atoms with E-state index < -0.39 is 272 Å². The van der Waals surface area contributed by atoms with Crippen LogP contribution in [0.15, 0.2) is 85.2 Å². The number of para-hydroxylation sites is 2. The third-order valence-corrected chi connectivity index (χ3v) is 21.4. The fourth-order valence-electron chi connectivity index (χ4n) is 13.7. The van der Waals surface area contributed by atoms with Crippen LogP contribution >= 0.6 is 25.3 Å². The molecule has 3 aromatic carbocycles. The van der Waals surface area contributed by atoms with Gasteiger partial charge in [0, 0.05) is 110 Å². The van der Waals surface area contributed by atoms with E-state index in [9.17, 15) is 91.7 Å². The summed E-state index contributed by atoms with van der Waals surface area (Å²) in [7, 11) is 0. The zero-order valence-corrected chi connectivity index (χ0v) is 76.9. The molecule has 13 atom stereocenters. The van der Waals surface area contributed by atoms with E-state index >= 15 is 9.59 Å². The largest absolute Gasteiger partial charge is 0.508 e. The highest BCUT2D eigenvalue weighted by Crippen LogP contribution is 2.23. The molecule has 0 spiro atoms. The van der Waals surface area contributed by atoms with Gasteiger partial charge in [-0.3, -0.25) is 96.5 Å². The number of rotatable bonds is 60. The number of fused-ring (bicyclic) bond motifs is 2. The number of amides is 19. The van der Waals surface area contributed by atoms with E-state index in [1.807, 2.05) is 0 Å². The van der Waals surface area contributed by atoms with Gasteiger partial charge in [0.25, 0.3) is 0 Å². The van der Waals surface area contributed by atoms with Crippen molar-refractivity contribution in [3.05, 3.63) is 102 Å². The van der Waals surface area contributed by atoms with Gasteiger partial charge in [-0.15, -0.1) is 0 Å². The molecule has 734 valence electrons. The highest BCUT2D eigenvalue weighted by Gasteiger charge is 2.40. The summed E-state index contributed by atoms with van der Waals surface area (Å²) in [5.41, 5.74) is 33.8. The van der Waals surface area contributed by atoms with Crippen molar-refractivity contribution >= 4 is 165 Å². The average molecular weight is 1910 g/mol. The van der Waals surface area contributed by atoms with Crippen molar-refractivity contribution < 1.29 is 106 Å². The number of aromatic hydroxyl groups is 1. The summed E-state index contributed by atoms with van der Waals surface area (Å²) in [6, 6.07) is 0.152. The molecular formula is C85H125N25O22S2. The molecule has 0 aliphatic carbocycles. The zero-order chi connectivity index (χ0) is 99.6. The molecule has 0 radical (unpaired) electrons. The number of guanidine groups is 1. The first kappa shape index (κ1) is 111. The van der Waals surface area contributed by atoms with Crippen LogP contribution in [-0.4, -0.2) is 273 Å². The number of carbonyl (C=O) groups is 19. The van der Waals surface area contributed by atoms with Gasteiger partial charge in [-0.05, 0) is 119 Å². The number of nitrogens with one attached hydrogen (secondary N) is 19. The maximum Gasteiger partial charge on any atom is 0.246 e. The van der Waals surface area contributed by atoms with E-state index in [0.29, 0.717) is 57.9 Å². The smallest absolute Gasteiger partial charge is 0.246 e. The fraction of sp³-hybridized carbons (Fsp3) is 0.506. The summed E-state index contributed by atoms with van der Waals surface area (Å²) >= 11 is 8.48. The normalized spacial score (nSPS) is 14.1. The molecule has 0 fully saturated rings. The van der Waals surface area contributed by atoms with E-state index in [2.05, 4.69) is 120 Å². The van der Waals surface area contributed by atoms with Crippen molar-refractivity contribution in [3.8, 4) is 5.75 Å². The molecule has 0 bridgehead atoms. The Hall–Kier alpha value is -13.7. The van der Waals surface area contributed by atoms with Gasteiger partial charge >= 0.3 is 0 Å². The van der Waals surface area contributed by atoms with E-state index in [4.69, 9.17) is 44.5 Å². The Morgan fingerprint density at radius 3 is 1.40 bits per heavy atom. The monoisotopic (exact) mass is 1910 g/mol. The maximum absolute atomic E-state index is 15.3. The molecule has 19 amide bonds. The van der Waals surface area contributed by atoms with Crippen LogP contribution in [0.5, 0.6) is 5.75 Å². The molecule has 134 heavy (non-hydrogen) atoms.